The number of carbonyl (C=O) groups is 1. The van der Waals surface area contributed by atoms with E-state index in [1.54, 1.807) is 54.6 Å². The summed E-state index contributed by atoms with van der Waals surface area (Å²) in [6.07, 6.45) is 1.50. The van der Waals surface area contributed by atoms with Crippen molar-refractivity contribution in [2.45, 2.75) is 33.7 Å². The smallest absolute Gasteiger partial charge is 0.338 e. The summed E-state index contributed by atoms with van der Waals surface area (Å²) in [7, 11) is 0. The fourth-order valence-electron chi connectivity index (χ4n) is 4.32. The van der Waals surface area contributed by atoms with E-state index in [-0.39, 0.29) is 20.3 Å². The van der Waals surface area contributed by atoms with Crippen LogP contribution in [-0.2, 0) is 9.53 Å². The average molecular weight is 679 g/mol. The summed E-state index contributed by atoms with van der Waals surface area (Å²) in [5, 5.41) is 21.5. The van der Waals surface area contributed by atoms with Crippen LogP contribution in [0, 0.1) is 13.7 Å². The molecule has 0 radical (unpaired) electrons. The van der Waals surface area contributed by atoms with Gasteiger partial charge in [-0.25, -0.2) is 9.79 Å². The summed E-state index contributed by atoms with van der Waals surface area (Å²) < 4.78 is 18.8. The zero-order valence-corrected chi connectivity index (χ0v) is 25.1. The fourth-order valence-corrected chi connectivity index (χ4v) is 6.01. The standard InChI is InChI=1S/C27H26IN3O8S/c1-5-37-19-9-8-16(13-20(19)38-6-2)23-22(26(34)39-7-3)14(4)29-27-30(23)25(33)21(40-27)12-15-10-17(28)24(32)18(11-15)31(35)36/h8-13,23,32H,5-7H2,1-4H3/b21-12-/t23-/m1/s1. The molecule has 2 aromatic carbocycles. The van der Waals surface area contributed by atoms with Crippen molar-refractivity contribution >= 4 is 51.7 Å². The summed E-state index contributed by atoms with van der Waals surface area (Å²) in [5.74, 6) is -0.0478. The first-order chi connectivity index (χ1) is 19.1. The van der Waals surface area contributed by atoms with Gasteiger partial charge in [0.15, 0.2) is 16.3 Å². The van der Waals surface area contributed by atoms with Crippen LogP contribution in [-0.4, -0.2) is 40.4 Å². The lowest BCUT2D eigenvalue weighted by Gasteiger charge is -2.25. The number of ether oxygens (including phenoxy) is 3. The number of fused-ring (bicyclic) bond motifs is 1. The molecule has 0 unspecified atom stereocenters. The van der Waals surface area contributed by atoms with E-state index in [0.29, 0.717) is 46.3 Å². The Hall–Kier alpha value is -3.72. The van der Waals surface area contributed by atoms with E-state index in [9.17, 15) is 24.8 Å². The molecule has 0 saturated heterocycles. The van der Waals surface area contributed by atoms with Crippen LogP contribution in [0.2, 0.25) is 0 Å². The summed E-state index contributed by atoms with van der Waals surface area (Å²) in [4.78, 5) is 42.6. The number of nitro groups is 1. The molecule has 13 heteroatoms. The zero-order valence-electron chi connectivity index (χ0n) is 22.1. The zero-order chi connectivity index (χ0) is 29.1. The number of nitrogens with zero attached hydrogens (tertiary/aromatic N) is 3. The maximum Gasteiger partial charge on any atom is 0.338 e. The number of hydrogen-bond acceptors (Lipinski definition) is 10. The van der Waals surface area contributed by atoms with Crippen LogP contribution in [0.5, 0.6) is 17.2 Å². The largest absolute Gasteiger partial charge is 0.501 e. The lowest BCUT2D eigenvalue weighted by Crippen LogP contribution is -2.40. The molecule has 11 nitrogen and oxygen atoms in total. The Morgan fingerprint density at radius 3 is 2.52 bits per heavy atom. The molecule has 1 atom stereocenters. The number of thiazole rings is 1. The van der Waals surface area contributed by atoms with E-state index in [1.165, 1.54) is 22.8 Å². The van der Waals surface area contributed by atoms with Crippen molar-refractivity contribution in [2.24, 2.45) is 4.99 Å². The monoisotopic (exact) mass is 679 g/mol. The summed E-state index contributed by atoms with van der Waals surface area (Å²) in [6.45, 7) is 8.02. The van der Waals surface area contributed by atoms with E-state index < -0.39 is 33.9 Å². The number of carbonyl (C=O) groups excluding carboxylic acids is 1. The third-order valence-corrected chi connectivity index (χ3v) is 7.77. The highest BCUT2D eigenvalue weighted by Crippen LogP contribution is 2.36. The van der Waals surface area contributed by atoms with Crippen molar-refractivity contribution < 1.29 is 29.0 Å². The Labute approximate surface area is 246 Å². The topological polar surface area (TPSA) is 142 Å². The van der Waals surface area contributed by atoms with Gasteiger partial charge in [-0.2, -0.15) is 0 Å². The minimum atomic E-state index is -0.873. The van der Waals surface area contributed by atoms with Crippen LogP contribution in [0.1, 0.15) is 44.9 Å². The molecule has 0 aliphatic carbocycles. The van der Waals surface area contributed by atoms with Gasteiger partial charge in [0.25, 0.3) is 5.56 Å². The van der Waals surface area contributed by atoms with Crippen LogP contribution in [0.4, 0.5) is 5.69 Å². The second-order valence-corrected chi connectivity index (χ2v) is 10.7. The Morgan fingerprint density at radius 2 is 1.88 bits per heavy atom. The predicted octanol–water partition coefficient (Wildman–Crippen LogP) is 3.81. The molecule has 0 saturated carbocycles. The van der Waals surface area contributed by atoms with Gasteiger partial charge in [0.1, 0.15) is 0 Å². The van der Waals surface area contributed by atoms with Crippen molar-refractivity contribution in [3.05, 3.63) is 86.1 Å². The Morgan fingerprint density at radius 1 is 1.18 bits per heavy atom. The first kappa shape index (κ1) is 29.3. The van der Waals surface area contributed by atoms with E-state index >= 15 is 0 Å². The summed E-state index contributed by atoms with van der Waals surface area (Å²) in [5.41, 5.74) is 0.645. The first-order valence-corrected chi connectivity index (χ1v) is 14.3. The number of allylic oxidation sites excluding steroid dienone is 1. The minimum absolute atomic E-state index is 0.137. The van der Waals surface area contributed by atoms with Gasteiger partial charge in [-0.1, -0.05) is 17.4 Å². The molecule has 40 heavy (non-hydrogen) atoms. The van der Waals surface area contributed by atoms with E-state index in [1.807, 2.05) is 13.8 Å². The number of hydrogen-bond donors (Lipinski definition) is 1. The van der Waals surface area contributed by atoms with Crippen molar-refractivity contribution in [1.29, 1.82) is 0 Å². The fraction of sp³-hybridized carbons (Fsp3) is 0.296. The Bertz CT molecular complexity index is 1710. The lowest BCUT2D eigenvalue weighted by molar-refractivity contribution is -0.386. The van der Waals surface area contributed by atoms with Crippen molar-refractivity contribution in [1.82, 2.24) is 4.57 Å². The number of benzene rings is 2. The van der Waals surface area contributed by atoms with Gasteiger partial charge in [-0.3, -0.25) is 19.5 Å². The summed E-state index contributed by atoms with van der Waals surface area (Å²) >= 11 is 2.88. The molecule has 3 aromatic rings. The second-order valence-electron chi connectivity index (χ2n) is 8.50. The number of aromatic nitrogens is 1. The maximum absolute atomic E-state index is 13.9. The first-order valence-electron chi connectivity index (χ1n) is 12.4. The highest BCUT2D eigenvalue weighted by Gasteiger charge is 2.34. The van der Waals surface area contributed by atoms with E-state index in [4.69, 9.17) is 14.2 Å². The summed E-state index contributed by atoms with van der Waals surface area (Å²) in [6, 6.07) is 7.09. The maximum atomic E-state index is 13.9. The third-order valence-electron chi connectivity index (χ3n) is 5.96. The van der Waals surface area contributed by atoms with Crippen molar-refractivity contribution in [3.63, 3.8) is 0 Å². The molecule has 1 N–H and O–H groups in total. The van der Waals surface area contributed by atoms with Gasteiger partial charge in [0.2, 0.25) is 5.75 Å². The Balaban J connectivity index is 1.97. The molecule has 0 amide bonds. The molecule has 1 aliphatic heterocycles. The van der Waals surface area contributed by atoms with Gasteiger partial charge >= 0.3 is 11.7 Å². The molecule has 1 aliphatic rings. The van der Waals surface area contributed by atoms with E-state index in [0.717, 1.165) is 11.3 Å². The highest BCUT2D eigenvalue weighted by atomic mass is 127. The number of phenols is 1. The van der Waals surface area contributed by atoms with Gasteiger partial charge in [-0.15, -0.1) is 0 Å². The molecule has 2 heterocycles. The molecular formula is C27H26IN3O8S. The van der Waals surface area contributed by atoms with Crippen LogP contribution in [0.3, 0.4) is 0 Å². The third kappa shape index (κ3) is 5.61. The predicted molar refractivity (Wildman–Crippen MR) is 157 cm³/mol. The van der Waals surface area contributed by atoms with Gasteiger partial charge < -0.3 is 19.3 Å². The number of halogens is 1. The number of nitro benzene ring substituents is 1. The van der Waals surface area contributed by atoms with Crippen molar-refractivity contribution in [2.75, 3.05) is 19.8 Å². The van der Waals surface area contributed by atoms with Crippen LogP contribution >= 0.6 is 33.9 Å². The average Bonchev–Trinajstić information content (AvgIpc) is 3.20. The van der Waals surface area contributed by atoms with Crippen LogP contribution in [0.15, 0.2) is 51.4 Å². The van der Waals surface area contributed by atoms with Gasteiger partial charge in [0.05, 0.1) is 50.2 Å². The SMILES string of the molecule is CCOC(=O)C1=C(C)N=c2s/c(=C\c3cc(I)c(O)c([N+](=O)[O-])c3)c(=O)n2[C@@H]1c1ccc(OCC)c(OCC)c1. The van der Waals surface area contributed by atoms with Gasteiger partial charge in [-0.05, 0) is 85.7 Å². The van der Waals surface area contributed by atoms with Crippen LogP contribution in [0.25, 0.3) is 6.08 Å². The normalized spacial score (nSPS) is 14.9. The molecule has 4 rings (SSSR count). The highest BCUT2D eigenvalue weighted by molar-refractivity contribution is 14.1. The number of aromatic hydroxyl groups is 1. The van der Waals surface area contributed by atoms with Crippen LogP contribution < -0.4 is 24.4 Å². The molecule has 0 bridgehead atoms. The number of esters is 1. The van der Waals surface area contributed by atoms with Crippen molar-refractivity contribution in [3.8, 4) is 17.2 Å². The molecule has 0 spiro atoms. The molecular weight excluding hydrogens is 653 g/mol. The molecule has 210 valence electrons. The number of rotatable bonds is 9. The molecule has 0 fully saturated rings. The van der Waals surface area contributed by atoms with E-state index in [2.05, 4.69) is 4.99 Å². The minimum Gasteiger partial charge on any atom is -0.501 e. The quantitative estimate of drug-likeness (QED) is 0.156. The number of phenolic OH excluding ortho intramolecular Hbond substituents is 1. The lowest BCUT2D eigenvalue weighted by atomic mass is 9.95. The van der Waals surface area contributed by atoms with Gasteiger partial charge in [0, 0.05) is 6.07 Å². The Kier molecular flexibility index (Phi) is 8.93. The molecule has 1 aromatic heterocycles. The second kappa shape index (κ2) is 12.2.